The van der Waals surface area contributed by atoms with Crippen molar-refractivity contribution in [1.29, 1.82) is 0 Å². The number of hydrogen-bond acceptors (Lipinski definition) is 2. The van der Waals surface area contributed by atoms with Crippen LogP contribution in [-0.2, 0) is 0 Å². The summed E-state index contributed by atoms with van der Waals surface area (Å²) in [6, 6.07) is 6.42. The van der Waals surface area contributed by atoms with E-state index in [4.69, 9.17) is 16.7 Å². The molecular weight excluding hydrogens is 202 g/mol. The molecule has 0 radical (unpaired) electrons. The molecule has 0 unspecified atom stereocenters. The second kappa shape index (κ2) is 3.27. The minimum atomic E-state index is -0.952. The second-order valence-corrected chi connectivity index (χ2v) is 3.30. The van der Waals surface area contributed by atoms with E-state index >= 15 is 0 Å². The summed E-state index contributed by atoms with van der Waals surface area (Å²) in [6.45, 7) is 0. The van der Waals surface area contributed by atoms with Gasteiger partial charge in [-0.05, 0) is 24.3 Å². The molecule has 1 aromatic carbocycles. The van der Waals surface area contributed by atoms with Crippen molar-refractivity contribution in [3.05, 3.63) is 41.0 Å². The van der Waals surface area contributed by atoms with Crippen LogP contribution in [0, 0.1) is 0 Å². The minimum absolute atomic E-state index is 0.238. The predicted octanol–water partition coefficient (Wildman–Crippen LogP) is 2.59. The number of aromatic nitrogens is 1. The standard InChI is InChI=1S/C10H6ClNO2/c11-8-4-7-3-6(10(13)14)1-2-9(7)12-5-8/h1-5H,(H,13,14). The molecule has 0 aliphatic heterocycles. The van der Waals surface area contributed by atoms with Gasteiger partial charge < -0.3 is 5.11 Å². The molecule has 0 saturated heterocycles. The van der Waals surface area contributed by atoms with E-state index in [-0.39, 0.29) is 5.56 Å². The van der Waals surface area contributed by atoms with Gasteiger partial charge in [0.15, 0.2) is 0 Å². The van der Waals surface area contributed by atoms with Crippen LogP contribution >= 0.6 is 11.6 Å². The van der Waals surface area contributed by atoms with Crippen LogP contribution in [0.4, 0.5) is 0 Å². The maximum atomic E-state index is 10.7. The average Bonchev–Trinajstić information content (AvgIpc) is 2.16. The molecule has 0 amide bonds. The molecule has 1 N–H and O–H groups in total. The Bertz CT molecular complexity index is 510. The quantitative estimate of drug-likeness (QED) is 0.782. The van der Waals surface area contributed by atoms with Crippen molar-refractivity contribution in [2.24, 2.45) is 0 Å². The van der Waals surface area contributed by atoms with Crippen molar-refractivity contribution in [3.8, 4) is 0 Å². The third-order valence-electron chi connectivity index (χ3n) is 1.89. The zero-order valence-electron chi connectivity index (χ0n) is 7.07. The fourth-order valence-electron chi connectivity index (χ4n) is 1.24. The molecule has 0 spiro atoms. The lowest BCUT2D eigenvalue weighted by Gasteiger charge is -1.99. The number of carbonyl (C=O) groups is 1. The Kier molecular flexibility index (Phi) is 2.09. The second-order valence-electron chi connectivity index (χ2n) is 2.87. The molecule has 70 valence electrons. The Morgan fingerprint density at radius 1 is 1.36 bits per heavy atom. The Hall–Kier alpha value is -1.61. The Labute approximate surface area is 85.0 Å². The van der Waals surface area contributed by atoms with Crippen molar-refractivity contribution in [2.45, 2.75) is 0 Å². The van der Waals surface area contributed by atoms with E-state index in [1.165, 1.54) is 12.3 Å². The first-order valence-electron chi connectivity index (χ1n) is 3.95. The molecule has 0 aliphatic rings. The third-order valence-corrected chi connectivity index (χ3v) is 2.10. The Morgan fingerprint density at radius 3 is 2.86 bits per heavy atom. The van der Waals surface area contributed by atoms with Gasteiger partial charge in [-0.25, -0.2) is 4.79 Å². The van der Waals surface area contributed by atoms with Gasteiger partial charge in [0.25, 0.3) is 0 Å². The largest absolute Gasteiger partial charge is 0.478 e. The number of benzene rings is 1. The molecule has 3 nitrogen and oxygen atoms in total. The monoisotopic (exact) mass is 207 g/mol. The number of hydrogen-bond donors (Lipinski definition) is 1. The Balaban J connectivity index is 2.69. The SMILES string of the molecule is O=C(O)c1ccc2ncc(Cl)cc2c1. The minimum Gasteiger partial charge on any atom is -0.478 e. The van der Waals surface area contributed by atoms with Crippen LogP contribution in [0.2, 0.25) is 5.02 Å². The van der Waals surface area contributed by atoms with Crippen LogP contribution in [0.25, 0.3) is 10.9 Å². The van der Waals surface area contributed by atoms with Crippen LogP contribution in [0.3, 0.4) is 0 Å². The first-order valence-corrected chi connectivity index (χ1v) is 4.33. The van der Waals surface area contributed by atoms with E-state index in [2.05, 4.69) is 4.98 Å². The first kappa shape index (κ1) is 8.97. The topological polar surface area (TPSA) is 50.2 Å². The molecule has 0 bridgehead atoms. The lowest BCUT2D eigenvalue weighted by atomic mass is 10.1. The van der Waals surface area contributed by atoms with E-state index in [0.29, 0.717) is 5.02 Å². The van der Waals surface area contributed by atoms with Crippen molar-refractivity contribution < 1.29 is 9.90 Å². The number of aromatic carboxylic acids is 1. The summed E-state index contributed by atoms with van der Waals surface area (Å²) in [7, 11) is 0. The summed E-state index contributed by atoms with van der Waals surface area (Å²) < 4.78 is 0. The summed E-state index contributed by atoms with van der Waals surface area (Å²) in [6.07, 6.45) is 1.53. The van der Waals surface area contributed by atoms with Gasteiger partial charge in [-0.2, -0.15) is 0 Å². The molecule has 2 rings (SSSR count). The third kappa shape index (κ3) is 1.54. The van der Waals surface area contributed by atoms with E-state index in [1.807, 2.05) is 0 Å². The maximum Gasteiger partial charge on any atom is 0.335 e. The average molecular weight is 208 g/mol. The molecule has 1 heterocycles. The lowest BCUT2D eigenvalue weighted by Crippen LogP contribution is -1.95. The molecule has 0 fully saturated rings. The summed E-state index contributed by atoms with van der Waals surface area (Å²) in [4.78, 5) is 14.7. The van der Waals surface area contributed by atoms with E-state index in [9.17, 15) is 4.79 Å². The number of rotatable bonds is 1. The number of halogens is 1. The smallest absolute Gasteiger partial charge is 0.335 e. The van der Waals surface area contributed by atoms with Gasteiger partial charge in [0.2, 0.25) is 0 Å². The van der Waals surface area contributed by atoms with Gasteiger partial charge in [-0.3, -0.25) is 4.98 Å². The van der Waals surface area contributed by atoms with E-state index in [0.717, 1.165) is 10.9 Å². The first-order chi connectivity index (χ1) is 6.66. The van der Waals surface area contributed by atoms with Gasteiger partial charge in [-0.15, -0.1) is 0 Å². The molecular formula is C10H6ClNO2. The molecule has 0 aliphatic carbocycles. The number of fused-ring (bicyclic) bond motifs is 1. The highest BCUT2D eigenvalue weighted by Crippen LogP contribution is 2.18. The Morgan fingerprint density at radius 2 is 2.14 bits per heavy atom. The zero-order chi connectivity index (χ0) is 10.1. The summed E-state index contributed by atoms with van der Waals surface area (Å²) >= 11 is 5.74. The van der Waals surface area contributed by atoms with Crippen molar-refractivity contribution >= 4 is 28.5 Å². The predicted molar refractivity (Wildman–Crippen MR) is 53.7 cm³/mol. The molecule has 2 aromatic rings. The van der Waals surface area contributed by atoms with Gasteiger partial charge in [0, 0.05) is 11.6 Å². The highest BCUT2D eigenvalue weighted by molar-refractivity contribution is 6.31. The van der Waals surface area contributed by atoms with Crippen molar-refractivity contribution in [1.82, 2.24) is 4.98 Å². The van der Waals surface area contributed by atoms with Crippen LogP contribution in [0.5, 0.6) is 0 Å². The van der Waals surface area contributed by atoms with Gasteiger partial charge >= 0.3 is 5.97 Å². The van der Waals surface area contributed by atoms with Gasteiger partial charge in [0.1, 0.15) is 0 Å². The lowest BCUT2D eigenvalue weighted by molar-refractivity contribution is 0.0697. The summed E-state index contributed by atoms with van der Waals surface area (Å²) in [5, 5.41) is 9.99. The van der Waals surface area contributed by atoms with Crippen LogP contribution in [0.15, 0.2) is 30.5 Å². The molecule has 4 heteroatoms. The molecule has 1 aromatic heterocycles. The van der Waals surface area contributed by atoms with Crippen molar-refractivity contribution in [2.75, 3.05) is 0 Å². The van der Waals surface area contributed by atoms with Gasteiger partial charge in [-0.1, -0.05) is 11.6 Å². The fraction of sp³-hybridized carbons (Fsp3) is 0. The summed E-state index contributed by atoms with van der Waals surface area (Å²) in [5.41, 5.74) is 0.973. The summed E-state index contributed by atoms with van der Waals surface area (Å²) in [5.74, 6) is -0.952. The van der Waals surface area contributed by atoms with Crippen LogP contribution < -0.4 is 0 Å². The number of carboxylic acids is 1. The normalized spacial score (nSPS) is 10.4. The fourth-order valence-corrected chi connectivity index (χ4v) is 1.40. The van der Waals surface area contributed by atoms with Gasteiger partial charge in [0.05, 0.1) is 16.1 Å². The van der Waals surface area contributed by atoms with E-state index in [1.54, 1.807) is 18.2 Å². The zero-order valence-corrected chi connectivity index (χ0v) is 7.82. The van der Waals surface area contributed by atoms with Crippen molar-refractivity contribution in [3.63, 3.8) is 0 Å². The number of carboxylic acid groups (broad SMARTS) is 1. The van der Waals surface area contributed by atoms with Crippen LogP contribution in [0.1, 0.15) is 10.4 Å². The highest BCUT2D eigenvalue weighted by Gasteiger charge is 2.03. The number of nitrogens with zero attached hydrogens (tertiary/aromatic N) is 1. The maximum absolute atomic E-state index is 10.7. The number of pyridine rings is 1. The van der Waals surface area contributed by atoms with E-state index < -0.39 is 5.97 Å². The highest BCUT2D eigenvalue weighted by atomic mass is 35.5. The van der Waals surface area contributed by atoms with Crippen LogP contribution in [-0.4, -0.2) is 16.1 Å². The molecule has 0 atom stereocenters. The molecule has 14 heavy (non-hydrogen) atoms. The molecule has 0 saturated carbocycles.